The summed E-state index contributed by atoms with van der Waals surface area (Å²) in [5.41, 5.74) is 3.37. The van der Waals surface area contributed by atoms with Gasteiger partial charge in [0.05, 0.1) is 12.7 Å². The van der Waals surface area contributed by atoms with Crippen molar-refractivity contribution >= 4 is 5.78 Å². The summed E-state index contributed by atoms with van der Waals surface area (Å²) in [5, 5.41) is 0. The Labute approximate surface area is 107 Å². The number of hydrogen-bond donors (Lipinski definition) is 0. The molecule has 2 aromatic rings. The van der Waals surface area contributed by atoms with Crippen LogP contribution in [0.15, 0.2) is 42.5 Å². The number of hydrogen-bond acceptors (Lipinski definition) is 2. The molecule has 0 aromatic heterocycles. The number of ether oxygens (including phenoxy) is 1. The molecule has 0 saturated heterocycles. The van der Waals surface area contributed by atoms with E-state index in [1.165, 1.54) is 0 Å². The standard InChI is InChI=1S/C16H16O2/c1-11-8-9-15(18-3)14(10-11)16(17)13-7-5-4-6-12(13)2/h4-10H,1-3H3. The largest absolute Gasteiger partial charge is 0.496 e. The molecule has 0 N–H and O–H groups in total. The van der Waals surface area contributed by atoms with Crippen molar-refractivity contribution in [2.24, 2.45) is 0 Å². The Morgan fingerprint density at radius 2 is 1.72 bits per heavy atom. The molecule has 18 heavy (non-hydrogen) atoms. The lowest BCUT2D eigenvalue weighted by molar-refractivity contribution is 0.103. The van der Waals surface area contributed by atoms with Gasteiger partial charge < -0.3 is 4.74 Å². The molecule has 0 heterocycles. The molecule has 0 atom stereocenters. The second-order valence-corrected chi connectivity index (χ2v) is 4.35. The molecular formula is C16H16O2. The number of ketones is 1. The molecule has 0 saturated carbocycles. The fourth-order valence-electron chi connectivity index (χ4n) is 1.97. The fourth-order valence-corrected chi connectivity index (χ4v) is 1.97. The molecule has 2 rings (SSSR count). The van der Waals surface area contributed by atoms with E-state index in [0.717, 1.165) is 16.7 Å². The first-order valence-corrected chi connectivity index (χ1v) is 5.88. The lowest BCUT2D eigenvalue weighted by Crippen LogP contribution is -2.06. The predicted molar refractivity (Wildman–Crippen MR) is 72.3 cm³/mol. The Morgan fingerprint density at radius 1 is 1.00 bits per heavy atom. The monoisotopic (exact) mass is 240 g/mol. The van der Waals surface area contributed by atoms with Gasteiger partial charge in [0, 0.05) is 5.56 Å². The van der Waals surface area contributed by atoms with Crippen LogP contribution in [0.4, 0.5) is 0 Å². The highest BCUT2D eigenvalue weighted by molar-refractivity contribution is 6.11. The second-order valence-electron chi connectivity index (χ2n) is 4.35. The zero-order valence-corrected chi connectivity index (χ0v) is 10.9. The van der Waals surface area contributed by atoms with E-state index in [2.05, 4.69) is 0 Å². The molecule has 0 spiro atoms. The summed E-state index contributed by atoms with van der Waals surface area (Å²) < 4.78 is 5.26. The van der Waals surface area contributed by atoms with E-state index in [1.807, 2.05) is 56.3 Å². The van der Waals surface area contributed by atoms with Crippen molar-refractivity contribution in [3.05, 3.63) is 64.7 Å². The van der Waals surface area contributed by atoms with Gasteiger partial charge in [-0.3, -0.25) is 4.79 Å². The van der Waals surface area contributed by atoms with E-state index >= 15 is 0 Å². The minimum atomic E-state index is 0.00801. The summed E-state index contributed by atoms with van der Waals surface area (Å²) in [6, 6.07) is 13.2. The van der Waals surface area contributed by atoms with Crippen molar-refractivity contribution in [3.8, 4) is 5.75 Å². The summed E-state index contributed by atoms with van der Waals surface area (Å²) in [6.07, 6.45) is 0. The Bertz CT molecular complexity index is 585. The molecule has 0 radical (unpaired) electrons. The van der Waals surface area contributed by atoms with Crippen LogP contribution in [0.1, 0.15) is 27.0 Å². The van der Waals surface area contributed by atoms with Gasteiger partial charge in [0.25, 0.3) is 0 Å². The lowest BCUT2D eigenvalue weighted by Gasteiger charge is -2.10. The van der Waals surface area contributed by atoms with Crippen LogP contribution in [-0.4, -0.2) is 12.9 Å². The second kappa shape index (κ2) is 5.05. The van der Waals surface area contributed by atoms with Crippen LogP contribution in [0, 0.1) is 13.8 Å². The van der Waals surface area contributed by atoms with Crippen LogP contribution in [0.25, 0.3) is 0 Å². The van der Waals surface area contributed by atoms with Crippen molar-refractivity contribution in [2.45, 2.75) is 13.8 Å². The van der Waals surface area contributed by atoms with E-state index in [9.17, 15) is 4.79 Å². The average molecular weight is 240 g/mol. The zero-order chi connectivity index (χ0) is 13.1. The molecule has 0 aliphatic heterocycles. The molecule has 2 aromatic carbocycles. The summed E-state index contributed by atoms with van der Waals surface area (Å²) in [6.45, 7) is 3.91. The van der Waals surface area contributed by atoms with Gasteiger partial charge in [-0.2, -0.15) is 0 Å². The van der Waals surface area contributed by atoms with E-state index in [0.29, 0.717) is 11.3 Å². The van der Waals surface area contributed by atoms with E-state index in [-0.39, 0.29) is 5.78 Å². The maximum Gasteiger partial charge on any atom is 0.197 e. The smallest absolute Gasteiger partial charge is 0.197 e. The van der Waals surface area contributed by atoms with Gasteiger partial charge in [-0.1, -0.05) is 35.9 Å². The predicted octanol–water partition coefficient (Wildman–Crippen LogP) is 3.54. The van der Waals surface area contributed by atoms with Crippen molar-refractivity contribution < 1.29 is 9.53 Å². The topological polar surface area (TPSA) is 26.3 Å². The molecule has 2 heteroatoms. The number of aryl methyl sites for hydroxylation is 2. The summed E-state index contributed by atoms with van der Waals surface area (Å²) >= 11 is 0. The van der Waals surface area contributed by atoms with E-state index in [1.54, 1.807) is 7.11 Å². The third kappa shape index (κ3) is 2.28. The van der Waals surface area contributed by atoms with Crippen molar-refractivity contribution in [2.75, 3.05) is 7.11 Å². The molecule has 0 aliphatic carbocycles. The molecule has 2 nitrogen and oxygen atoms in total. The van der Waals surface area contributed by atoms with E-state index < -0.39 is 0 Å². The molecule has 92 valence electrons. The van der Waals surface area contributed by atoms with Crippen molar-refractivity contribution in [1.29, 1.82) is 0 Å². The van der Waals surface area contributed by atoms with Crippen LogP contribution >= 0.6 is 0 Å². The van der Waals surface area contributed by atoms with Crippen molar-refractivity contribution in [3.63, 3.8) is 0 Å². The van der Waals surface area contributed by atoms with Gasteiger partial charge in [-0.15, -0.1) is 0 Å². The van der Waals surface area contributed by atoms with Gasteiger partial charge in [-0.05, 0) is 31.5 Å². The molecule has 0 bridgehead atoms. The zero-order valence-electron chi connectivity index (χ0n) is 10.9. The first kappa shape index (κ1) is 12.4. The van der Waals surface area contributed by atoms with Gasteiger partial charge in [0.15, 0.2) is 5.78 Å². The van der Waals surface area contributed by atoms with Crippen LogP contribution in [0.5, 0.6) is 5.75 Å². The first-order valence-electron chi connectivity index (χ1n) is 5.88. The maximum atomic E-state index is 12.5. The Morgan fingerprint density at radius 3 is 2.39 bits per heavy atom. The van der Waals surface area contributed by atoms with Gasteiger partial charge >= 0.3 is 0 Å². The molecule has 0 unspecified atom stereocenters. The number of carbonyl (C=O) groups excluding carboxylic acids is 1. The molecule has 0 fully saturated rings. The van der Waals surface area contributed by atoms with Gasteiger partial charge in [0.1, 0.15) is 5.75 Å². The minimum absolute atomic E-state index is 0.00801. The van der Waals surface area contributed by atoms with Gasteiger partial charge in [-0.25, -0.2) is 0 Å². The summed E-state index contributed by atoms with van der Waals surface area (Å²) in [4.78, 5) is 12.5. The molecule has 0 amide bonds. The summed E-state index contributed by atoms with van der Waals surface area (Å²) in [5.74, 6) is 0.627. The first-order chi connectivity index (χ1) is 8.63. The van der Waals surface area contributed by atoms with Crippen LogP contribution < -0.4 is 4.74 Å². The highest BCUT2D eigenvalue weighted by Gasteiger charge is 2.15. The van der Waals surface area contributed by atoms with Crippen molar-refractivity contribution in [1.82, 2.24) is 0 Å². The third-order valence-electron chi connectivity index (χ3n) is 2.99. The number of benzene rings is 2. The fraction of sp³-hybridized carbons (Fsp3) is 0.188. The lowest BCUT2D eigenvalue weighted by atomic mass is 9.97. The Kier molecular flexibility index (Phi) is 3.47. The van der Waals surface area contributed by atoms with Crippen LogP contribution in [-0.2, 0) is 0 Å². The molecular weight excluding hydrogens is 224 g/mol. The van der Waals surface area contributed by atoms with Crippen LogP contribution in [0.2, 0.25) is 0 Å². The SMILES string of the molecule is COc1ccc(C)cc1C(=O)c1ccccc1C. The number of rotatable bonds is 3. The third-order valence-corrected chi connectivity index (χ3v) is 2.99. The average Bonchev–Trinajstić information content (AvgIpc) is 2.38. The Balaban J connectivity index is 2.52. The van der Waals surface area contributed by atoms with Gasteiger partial charge in [0.2, 0.25) is 0 Å². The highest BCUT2D eigenvalue weighted by Crippen LogP contribution is 2.24. The summed E-state index contributed by atoms with van der Waals surface area (Å²) in [7, 11) is 1.58. The van der Waals surface area contributed by atoms with Crippen LogP contribution in [0.3, 0.4) is 0 Å². The highest BCUT2D eigenvalue weighted by atomic mass is 16.5. The number of carbonyl (C=O) groups is 1. The Hall–Kier alpha value is -2.09. The van der Waals surface area contributed by atoms with E-state index in [4.69, 9.17) is 4.74 Å². The number of methoxy groups -OCH3 is 1. The normalized spacial score (nSPS) is 10.2. The molecule has 0 aliphatic rings. The maximum absolute atomic E-state index is 12.5. The minimum Gasteiger partial charge on any atom is -0.496 e. The quantitative estimate of drug-likeness (QED) is 0.767.